The van der Waals surface area contributed by atoms with E-state index in [0.717, 1.165) is 12.1 Å². The van der Waals surface area contributed by atoms with Gasteiger partial charge >= 0.3 is 6.18 Å². The number of hydrogen-bond acceptors (Lipinski definition) is 2. The van der Waals surface area contributed by atoms with Crippen LogP contribution in [-0.4, -0.2) is 29.8 Å². The van der Waals surface area contributed by atoms with E-state index in [2.05, 4.69) is 5.32 Å². The van der Waals surface area contributed by atoms with E-state index >= 15 is 0 Å². The number of carbonyl (C=O) groups excluding carboxylic acids is 2. The number of rotatable bonds is 6. The van der Waals surface area contributed by atoms with Gasteiger partial charge in [-0.2, -0.15) is 13.2 Å². The van der Waals surface area contributed by atoms with Crippen molar-refractivity contribution in [2.24, 2.45) is 5.92 Å². The highest BCUT2D eigenvalue weighted by Crippen LogP contribution is 2.29. The third kappa shape index (κ3) is 5.58. The molecule has 1 aliphatic heterocycles. The van der Waals surface area contributed by atoms with Gasteiger partial charge in [0.1, 0.15) is 5.82 Å². The Hall–Kier alpha value is -2.90. The fourth-order valence-electron chi connectivity index (χ4n) is 3.45. The van der Waals surface area contributed by atoms with Crippen molar-refractivity contribution in [3.05, 3.63) is 71.0 Å². The minimum absolute atomic E-state index is 0.112. The quantitative estimate of drug-likeness (QED) is 0.717. The lowest BCUT2D eigenvalue weighted by Crippen LogP contribution is -2.45. The van der Waals surface area contributed by atoms with Crippen molar-refractivity contribution in [1.29, 1.82) is 0 Å². The molecule has 1 N–H and O–H groups in total. The summed E-state index contributed by atoms with van der Waals surface area (Å²) in [7, 11) is 0. The molecular weight excluding hydrogens is 400 g/mol. The van der Waals surface area contributed by atoms with Crippen LogP contribution in [0.15, 0.2) is 48.5 Å². The average Bonchev–Trinajstić information content (AvgIpc) is 2.71. The highest BCUT2D eigenvalue weighted by Gasteiger charge is 2.31. The van der Waals surface area contributed by atoms with Gasteiger partial charge in [-0.1, -0.05) is 30.3 Å². The van der Waals surface area contributed by atoms with Gasteiger partial charge in [0.05, 0.1) is 11.5 Å². The Balaban J connectivity index is 1.50. The summed E-state index contributed by atoms with van der Waals surface area (Å²) in [6.07, 6.45) is -3.35. The van der Waals surface area contributed by atoms with Crippen molar-refractivity contribution in [3.63, 3.8) is 0 Å². The zero-order chi connectivity index (χ0) is 21.7. The molecule has 1 aliphatic rings. The molecule has 1 saturated heterocycles. The molecule has 0 aromatic heterocycles. The third-order valence-corrected chi connectivity index (χ3v) is 5.18. The maximum absolute atomic E-state index is 13.9. The van der Waals surface area contributed by atoms with Crippen LogP contribution in [0, 0.1) is 11.7 Å². The molecule has 2 aromatic carbocycles. The smallest absolute Gasteiger partial charge is 0.355 e. The van der Waals surface area contributed by atoms with Crippen molar-refractivity contribution in [1.82, 2.24) is 10.2 Å². The highest BCUT2D eigenvalue weighted by atomic mass is 19.4. The summed E-state index contributed by atoms with van der Waals surface area (Å²) in [5, 5.41) is 2.78. The summed E-state index contributed by atoms with van der Waals surface area (Å²) in [6, 6.07) is 11.0. The monoisotopic (exact) mass is 422 g/mol. The SMILES string of the molecule is O=C(NCCc1ccc(C(F)(F)F)cc1)[C@@H]1CCC(=O)N(Cc2ccccc2F)C1. The number of nitrogens with one attached hydrogen (secondary N) is 1. The molecule has 1 fully saturated rings. The lowest BCUT2D eigenvalue weighted by Gasteiger charge is -2.32. The van der Waals surface area contributed by atoms with Crippen LogP contribution in [0.1, 0.15) is 29.5 Å². The number of nitrogens with zero attached hydrogens (tertiary/aromatic N) is 1. The predicted molar refractivity (Wildman–Crippen MR) is 103 cm³/mol. The lowest BCUT2D eigenvalue weighted by molar-refractivity contribution is -0.139. The van der Waals surface area contributed by atoms with Gasteiger partial charge in [-0.25, -0.2) is 4.39 Å². The summed E-state index contributed by atoms with van der Waals surface area (Å²) in [5.41, 5.74) is 0.370. The Kier molecular flexibility index (Phi) is 6.74. The number of carbonyl (C=O) groups is 2. The molecule has 4 nitrogen and oxygen atoms in total. The van der Waals surface area contributed by atoms with Crippen LogP contribution in [0.25, 0.3) is 0 Å². The predicted octanol–water partition coefficient (Wildman–Crippen LogP) is 3.94. The summed E-state index contributed by atoms with van der Waals surface area (Å²) in [6.45, 7) is 0.599. The molecule has 0 spiro atoms. The highest BCUT2D eigenvalue weighted by molar-refractivity contribution is 5.83. The van der Waals surface area contributed by atoms with E-state index in [-0.39, 0.29) is 37.9 Å². The number of hydrogen-bond donors (Lipinski definition) is 1. The van der Waals surface area contributed by atoms with Gasteiger partial charge in [0.15, 0.2) is 0 Å². The third-order valence-electron chi connectivity index (χ3n) is 5.18. The number of piperidine rings is 1. The van der Waals surface area contributed by atoms with Crippen molar-refractivity contribution in [3.8, 4) is 0 Å². The summed E-state index contributed by atoms with van der Waals surface area (Å²) < 4.78 is 51.7. The largest absolute Gasteiger partial charge is 0.416 e. The summed E-state index contributed by atoms with van der Waals surface area (Å²) in [5.74, 6) is -1.13. The van der Waals surface area contributed by atoms with Gasteiger partial charge in [-0.15, -0.1) is 0 Å². The van der Waals surface area contributed by atoms with Gasteiger partial charge in [-0.3, -0.25) is 9.59 Å². The van der Waals surface area contributed by atoms with Gasteiger partial charge in [-0.05, 0) is 36.6 Å². The molecule has 160 valence electrons. The molecule has 0 aliphatic carbocycles. The topological polar surface area (TPSA) is 49.4 Å². The van der Waals surface area contributed by atoms with Crippen LogP contribution < -0.4 is 5.32 Å². The number of halogens is 4. The minimum Gasteiger partial charge on any atom is -0.355 e. The first-order chi connectivity index (χ1) is 14.2. The second kappa shape index (κ2) is 9.28. The first-order valence-electron chi connectivity index (χ1n) is 9.69. The molecule has 0 saturated carbocycles. The second-order valence-corrected chi connectivity index (χ2v) is 7.34. The first-order valence-corrected chi connectivity index (χ1v) is 9.69. The van der Waals surface area contributed by atoms with Crippen molar-refractivity contribution in [2.45, 2.75) is 32.0 Å². The molecule has 0 unspecified atom stereocenters. The molecule has 2 aromatic rings. The lowest BCUT2D eigenvalue weighted by atomic mass is 9.96. The minimum atomic E-state index is -4.38. The Bertz CT molecular complexity index is 897. The Morgan fingerprint density at radius 3 is 2.47 bits per heavy atom. The fourth-order valence-corrected chi connectivity index (χ4v) is 3.45. The molecule has 0 bridgehead atoms. The van der Waals surface area contributed by atoms with E-state index in [0.29, 0.717) is 24.0 Å². The van der Waals surface area contributed by atoms with Crippen molar-refractivity contribution < 1.29 is 27.2 Å². The molecule has 0 radical (unpaired) electrons. The fraction of sp³-hybridized carbons (Fsp3) is 0.364. The van der Waals surface area contributed by atoms with E-state index in [1.807, 2.05) is 0 Å². The van der Waals surface area contributed by atoms with Gasteiger partial charge in [0.2, 0.25) is 11.8 Å². The molecule has 3 rings (SSSR count). The van der Waals surface area contributed by atoms with E-state index < -0.39 is 23.5 Å². The van der Waals surface area contributed by atoms with Crippen LogP contribution in [0.3, 0.4) is 0 Å². The molecule has 2 amide bonds. The zero-order valence-corrected chi connectivity index (χ0v) is 16.2. The summed E-state index contributed by atoms with van der Waals surface area (Å²) >= 11 is 0. The van der Waals surface area contributed by atoms with Crippen LogP contribution in [-0.2, 0) is 28.7 Å². The van der Waals surface area contributed by atoms with Gasteiger partial charge in [0.25, 0.3) is 0 Å². The van der Waals surface area contributed by atoms with E-state index in [4.69, 9.17) is 0 Å². The van der Waals surface area contributed by atoms with Crippen LogP contribution in [0.2, 0.25) is 0 Å². The number of amides is 2. The van der Waals surface area contributed by atoms with Crippen LogP contribution in [0.4, 0.5) is 17.6 Å². The second-order valence-electron chi connectivity index (χ2n) is 7.34. The summed E-state index contributed by atoms with van der Waals surface area (Å²) in [4.78, 5) is 26.1. The van der Waals surface area contributed by atoms with Crippen LogP contribution >= 0.6 is 0 Å². The first kappa shape index (κ1) is 21.8. The molecular formula is C22H22F4N2O2. The molecule has 30 heavy (non-hydrogen) atoms. The zero-order valence-electron chi connectivity index (χ0n) is 16.2. The standard InChI is InChI=1S/C22H22F4N2O2/c23-19-4-2-1-3-16(19)13-28-14-17(7-10-20(28)29)21(30)27-12-11-15-5-8-18(9-6-15)22(24,25)26/h1-6,8-9,17H,7,10-14H2,(H,27,30)/t17-/m1/s1. The maximum atomic E-state index is 13.9. The number of likely N-dealkylation sites (tertiary alicyclic amines) is 1. The Morgan fingerprint density at radius 2 is 1.80 bits per heavy atom. The number of alkyl halides is 3. The van der Waals surface area contributed by atoms with E-state index in [1.54, 1.807) is 18.2 Å². The molecule has 8 heteroatoms. The Morgan fingerprint density at radius 1 is 1.10 bits per heavy atom. The van der Waals surface area contributed by atoms with Gasteiger partial charge < -0.3 is 10.2 Å². The Labute approximate surface area is 171 Å². The van der Waals surface area contributed by atoms with Crippen molar-refractivity contribution >= 4 is 11.8 Å². The van der Waals surface area contributed by atoms with Crippen molar-refractivity contribution in [2.75, 3.05) is 13.1 Å². The van der Waals surface area contributed by atoms with Gasteiger partial charge in [0, 0.05) is 31.6 Å². The van der Waals surface area contributed by atoms with Crippen LogP contribution in [0.5, 0.6) is 0 Å². The molecule has 1 heterocycles. The average molecular weight is 422 g/mol. The maximum Gasteiger partial charge on any atom is 0.416 e. The van der Waals surface area contributed by atoms with E-state index in [9.17, 15) is 27.2 Å². The molecule has 1 atom stereocenters. The number of benzene rings is 2. The van der Waals surface area contributed by atoms with E-state index in [1.165, 1.54) is 23.1 Å². The normalized spacial score (nSPS) is 17.1.